The molecular formula is C13H16ClN3O. The number of rotatable bonds is 5. The van der Waals surface area contributed by atoms with Crippen molar-refractivity contribution in [2.45, 2.75) is 13.0 Å². The lowest BCUT2D eigenvalue weighted by atomic mass is 10.1. The van der Waals surface area contributed by atoms with Crippen LogP contribution in [-0.4, -0.2) is 16.3 Å². The van der Waals surface area contributed by atoms with Gasteiger partial charge in [0.05, 0.1) is 5.69 Å². The van der Waals surface area contributed by atoms with E-state index in [1.807, 2.05) is 37.5 Å². The summed E-state index contributed by atoms with van der Waals surface area (Å²) in [6.07, 6.45) is 2.64. The minimum absolute atomic E-state index is 0.444. The first-order valence-corrected chi connectivity index (χ1v) is 6.16. The molecule has 0 amide bonds. The van der Waals surface area contributed by atoms with Gasteiger partial charge in [0.2, 0.25) is 0 Å². The van der Waals surface area contributed by atoms with Crippen LogP contribution in [0.2, 0.25) is 5.02 Å². The third-order valence-electron chi connectivity index (χ3n) is 2.58. The summed E-state index contributed by atoms with van der Waals surface area (Å²) < 4.78 is 7.51. The first-order valence-electron chi connectivity index (χ1n) is 5.79. The van der Waals surface area contributed by atoms with Gasteiger partial charge in [-0.2, -0.15) is 5.10 Å². The van der Waals surface area contributed by atoms with Gasteiger partial charge >= 0.3 is 0 Å². The fourth-order valence-corrected chi connectivity index (χ4v) is 1.93. The van der Waals surface area contributed by atoms with E-state index in [0.29, 0.717) is 18.2 Å². The van der Waals surface area contributed by atoms with Crippen molar-refractivity contribution in [3.63, 3.8) is 0 Å². The van der Waals surface area contributed by atoms with Crippen LogP contribution < -0.4 is 10.5 Å². The maximum absolute atomic E-state index is 5.96. The lowest BCUT2D eigenvalue weighted by Gasteiger charge is -2.10. The monoisotopic (exact) mass is 265 g/mol. The van der Waals surface area contributed by atoms with Crippen LogP contribution in [0.1, 0.15) is 11.3 Å². The summed E-state index contributed by atoms with van der Waals surface area (Å²) in [4.78, 5) is 0. The molecule has 4 nitrogen and oxygen atoms in total. The topological polar surface area (TPSA) is 53.1 Å². The Bertz CT molecular complexity index is 525. The van der Waals surface area contributed by atoms with Crippen molar-refractivity contribution < 1.29 is 4.74 Å². The summed E-state index contributed by atoms with van der Waals surface area (Å²) in [5.41, 5.74) is 7.50. The molecule has 0 bridgehead atoms. The molecule has 0 unspecified atom stereocenters. The molecule has 2 N–H and O–H groups in total. The molecule has 2 rings (SSSR count). The van der Waals surface area contributed by atoms with Crippen molar-refractivity contribution in [1.29, 1.82) is 0 Å². The summed E-state index contributed by atoms with van der Waals surface area (Å²) in [7, 11) is 1.88. The van der Waals surface area contributed by atoms with Crippen LogP contribution in [0.3, 0.4) is 0 Å². The van der Waals surface area contributed by atoms with Gasteiger partial charge in [0, 0.05) is 18.3 Å². The molecule has 2 aromatic rings. The molecule has 1 aromatic carbocycles. The smallest absolute Gasteiger partial charge is 0.132 e. The molecule has 0 saturated heterocycles. The first kappa shape index (κ1) is 12.9. The lowest BCUT2D eigenvalue weighted by Crippen LogP contribution is -2.06. The molecule has 0 aliphatic rings. The Morgan fingerprint density at radius 1 is 1.39 bits per heavy atom. The summed E-state index contributed by atoms with van der Waals surface area (Å²) in [6, 6.07) is 7.51. The lowest BCUT2D eigenvalue weighted by molar-refractivity contribution is 0.297. The quantitative estimate of drug-likeness (QED) is 0.901. The third-order valence-corrected chi connectivity index (χ3v) is 2.82. The highest BCUT2D eigenvalue weighted by Gasteiger charge is 2.05. The SMILES string of the molecule is Cn1ccc(COc2ccc(Cl)cc2CCN)n1. The van der Waals surface area contributed by atoms with Crippen LogP contribution in [0.25, 0.3) is 0 Å². The molecule has 0 spiro atoms. The van der Waals surface area contributed by atoms with E-state index in [1.165, 1.54) is 0 Å². The summed E-state index contributed by atoms with van der Waals surface area (Å²) in [5.74, 6) is 0.815. The van der Waals surface area contributed by atoms with Gasteiger partial charge in [0.1, 0.15) is 12.4 Å². The minimum atomic E-state index is 0.444. The predicted molar refractivity (Wildman–Crippen MR) is 71.8 cm³/mol. The Morgan fingerprint density at radius 3 is 2.89 bits per heavy atom. The van der Waals surface area contributed by atoms with Crippen LogP contribution in [0.15, 0.2) is 30.5 Å². The average molecular weight is 266 g/mol. The van der Waals surface area contributed by atoms with Crippen molar-refractivity contribution in [2.75, 3.05) is 6.54 Å². The van der Waals surface area contributed by atoms with E-state index >= 15 is 0 Å². The third kappa shape index (κ3) is 3.24. The molecule has 5 heteroatoms. The van der Waals surface area contributed by atoms with Gasteiger partial charge < -0.3 is 10.5 Å². The molecule has 0 fully saturated rings. The number of hydrogen-bond acceptors (Lipinski definition) is 3. The second-order valence-electron chi connectivity index (χ2n) is 4.06. The number of benzene rings is 1. The van der Waals surface area contributed by atoms with Crippen molar-refractivity contribution in [1.82, 2.24) is 9.78 Å². The summed E-state index contributed by atoms with van der Waals surface area (Å²) in [6.45, 7) is 1.01. The maximum Gasteiger partial charge on any atom is 0.132 e. The van der Waals surface area contributed by atoms with Gasteiger partial charge in [-0.25, -0.2) is 0 Å². The van der Waals surface area contributed by atoms with Crippen molar-refractivity contribution in [2.24, 2.45) is 12.8 Å². The highest BCUT2D eigenvalue weighted by Crippen LogP contribution is 2.23. The summed E-state index contributed by atoms with van der Waals surface area (Å²) >= 11 is 5.96. The van der Waals surface area contributed by atoms with Crippen molar-refractivity contribution in [3.8, 4) is 5.75 Å². The van der Waals surface area contributed by atoms with Gasteiger partial charge in [0.15, 0.2) is 0 Å². The largest absolute Gasteiger partial charge is 0.487 e. The average Bonchev–Trinajstić information content (AvgIpc) is 2.75. The Hall–Kier alpha value is -1.52. The zero-order chi connectivity index (χ0) is 13.0. The second kappa shape index (κ2) is 5.89. The van der Waals surface area contributed by atoms with Crippen molar-refractivity contribution >= 4 is 11.6 Å². The zero-order valence-corrected chi connectivity index (χ0v) is 11.0. The van der Waals surface area contributed by atoms with Crippen LogP contribution in [-0.2, 0) is 20.1 Å². The van der Waals surface area contributed by atoms with E-state index < -0.39 is 0 Å². The fraction of sp³-hybridized carbons (Fsp3) is 0.308. The van der Waals surface area contributed by atoms with E-state index in [4.69, 9.17) is 22.1 Å². The van der Waals surface area contributed by atoms with E-state index in [-0.39, 0.29) is 0 Å². The number of aromatic nitrogens is 2. The molecule has 1 aromatic heterocycles. The van der Waals surface area contributed by atoms with Crippen LogP contribution in [0.5, 0.6) is 5.75 Å². The Morgan fingerprint density at radius 2 is 2.22 bits per heavy atom. The predicted octanol–water partition coefficient (Wildman–Crippen LogP) is 2.15. The highest BCUT2D eigenvalue weighted by molar-refractivity contribution is 6.30. The highest BCUT2D eigenvalue weighted by atomic mass is 35.5. The molecular weight excluding hydrogens is 250 g/mol. The standard InChI is InChI=1S/C13H16ClN3O/c1-17-7-5-12(16-17)9-18-13-3-2-11(14)8-10(13)4-6-15/h2-3,5,7-8H,4,6,9,15H2,1H3. The number of aryl methyl sites for hydroxylation is 1. The van der Waals surface area contributed by atoms with Crippen molar-refractivity contribution in [3.05, 3.63) is 46.7 Å². The van der Waals surface area contributed by atoms with E-state index in [1.54, 1.807) is 4.68 Å². The number of ether oxygens (including phenoxy) is 1. The van der Waals surface area contributed by atoms with E-state index in [0.717, 1.165) is 23.4 Å². The van der Waals surface area contributed by atoms with E-state index in [2.05, 4.69) is 5.10 Å². The number of nitrogens with zero attached hydrogens (tertiary/aromatic N) is 2. The normalized spacial score (nSPS) is 10.6. The molecule has 0 saturated carbocycles. The molecule has 96 valence electrons. The Balaban J connectivity index is 2.08. The van der Waals surface area contributed by atoms with Gasteiger partial charge in [0.25, 0.3) is 0 Å². The number of nitrogens with two attached hydrogens (primary N) is 1. The van der Waals surface area contributed by atoms with Gasteiger partial charge in [-0.3, -0.25) is 4.68 Å². The van der Waals surface area contributed by atoms with Gasteiger partial charge in [-0.1, -0.05) is 11.6 Å². The molecule has 18 heavy (non-hydrogen) atoms. The molecule has 0 atom stereocenters. The second-order valence-corrected chi connectivity index (χ2v) is 4.50. The van der Waals surface area contributed by atoms with E-state index in [9.17, 15) is 0 Å². The molecule has 0 radical (unpaired) electrons. The summed E-state index contributed by atoms with van der Waals surface area (Å²) in [5, 5.41) is 4.96. The molecule has 1 heterocycles. The van der Waals surface area contributed by atoms with Gasteiger partial charge in [-0.05, 0) is 42.8 Å². The van der Waals surface area contributed by atoms with Crippen LogP contribution in [0, 0.1) is 0 Å². The number of hydrogen-bond donors (Lipinski definition) is 1. The number of halogens is 1. The van der Waals surface area contributed by atoms with Gasteiger partial charge in [-0.15, -0.1) is 0 Å². The van der Waals surface area contributed by atoms with Crippen LogP contribution in [0.4, 0.5) is 0 Å². The Labute approximate surface area is 111 Å². The van der Waals surface area contributed by atoms with Crippen LogP contribution >= 0.6 is 11.6 Å². The molecule has 0 aliphatic heterocycles. The Kier molecular flexibility index (Phi) is 4.23. The maximum atomic E-state index is 5.96. The zero-order valence-electron chi connectivity index (χ0n) is 10.3. The minimum Gasteiger partial charge on any atom is -0.487 e. The fourth-order valence-electron chi connectivity index (χ4n) is 1.73. The first-order chi connectivity index (χ1) is 8.69. The molecule has 0 aliphatic carbocycles.